The van der Waals surface area contributed by atoms with Crippen molar-refractivity contribution < 1.29 is 92.2 Å². The number of pyridine rings is 1. The van der Waals surface area contributed by atoms with Gasteiger partial charge in [0.25, 0.3) is 17.7 Å². The fraction of sp³-hybridized carbons (Fsp3) is 0.443. The number of benzene rings is 7. The van der Waals surface area contributed by atoms with E-state index in [2.05, 4.69) is 42.3 Å². The molecule has 11 N–H and O–H groups in total. The zero-order chi connectivity index (χ0) is 101. The number of carbonyl (C=O) groups is 12. The van der Waals surface area contributed by atoms with Crippen LogP contribution in [-0.2, 0) is 83.2 Å². The minimum Gasteiger partial charge on any atom is -0.434 e. The number of aliphatic hydroxyl groups excluding tert-OH is 4. The van der Waals surface area contributed by atoms with E-state index in [1.807, 2.05) is 231 Å². The van der Waals surface area contributed by atoms with Crippen LogP contribution in [0.2, 0.25) is 0 Å². The third-order valence-corrected chi connectivity index (χ3v) is 23.3. The number of anilines is 3. The fourth-order valence-electron chi connectivity index (χ4n) is 16.4. The van der Waals surface area contributed by atoms with E-state index >= 15 is 0 Å². The predicted octanol–water partition coefficient (Wildman–Crippen LogP) is 9.58. The molecule has 1 aromatic heterocycles. The normalized spacial score (nSPS) is 16.8. The Bertz CT molecular complexity index is 5310. The molecule has 3 aliphatic rings. The van der Waals surface area contributed by atoms with Crippen molar-refractivity contribution in [3.63, 3.8) is 0 Å². The number of hydrogen-bond acceptors (Lipinski definition) is 23. The van der Waals surface area contributed by atoms with Crippen LogP contribution in [0.15, 0.2) is 231 Å². The highest BCUT2D eigenvalue weighted by atomic mass is 16.6. The molecule has 7 aromatic carbocycles. The molecule has 11 rings (SSSR count). The lowest BCUT2D eigenvalue weighted by Crippen LogP contribution is -2.60. The van der Waals surface area contributed by atoms with Gasteiger partial charge in [0.05, 0.1) is 86.9 Å². The molecule has 3 saturated heterocycles. The molecule has 0 radical (unpaired) electrons. The molecule has 0 aliphatic carbocycles. The lowest BCUT2D eigenvalue weighted by molar-refractivity contribution is -0.135. The van der Waals surface area contributed by atoms with Gasteiger partial charge in [-0.05, 0) is 118 Å². The van der Waals surface area contributed by atoms with Crippen LogP contribution >= 0.6 is 0 Å². The number of ether oxygens (including phenoxy) is 3. The maximum atomic E-state index is 13.9. The molecule has 12 atom stereocenters. The highest BCUT2D eigenvalue weighted by molar-refractivity contribution is 5.98. The number of aromatic nitrogens is 1. The second-order valence-electron chi connectivity index (χ2n) is 39.5. The lowest BCUT2D eigenvalue weighted by Gasteiger charge is -2.35. The van der Waals surface area contributed by atoms with Crippen LogP contribution in [0.5, 0.6) is 0 Å². The number of nitrogens with zero attached hydrogens (tertiary/aromatic N) is 7. The Hall–Kier alpha value is -13.2. The van der Waals surface area contributed by atoms with Crippen molar-refractivity contribution in [3.05, 3.63) is 253 Å². The van der Waals surface area contributed by atoms with Gasteiger partial charge in [0.1, 0.15) is 12.6 Å². The van der Waals surface area contributed by atoms with Gasteiger partial charge in [0.2, 0.25) is 29.7 Å². The Balaban J connectivity index is 0.000000235. The fourth-order valence-corrected chi connectivity index (χ4v) is 16.4. The topological polar surface area (TPSA) is 430 Å². The van der Waals surface area contributed by atoms with Gasteiger partial charge in [0.15, 0.2) is 23.8 Å². The van der Waals surface area contributed by atoms with Crippen LogP contribution in [0.1, 0.15) is 126 Å². The number of ketones is 2. The highest BCUT2D eigenvalue weighted by Gasteiger charge is 2.44. The largest absolute Gasteiger partial charge is 0.434 e. The van der Waals surface area contributed by atoms with Crippen molar-refractivity contribution in [2.24, 2.45) is 28.1 Å². The summed E-state index contributed by atoms with van der Waals surface area (Å²) in [4.78, 5) is 167. The van der Waals surface area contributed by atoms with Gasteiger partial charge in [-0.3, -0.25) is 78.1 Å². The standard InChI is InChI=1S/C41H47N5O6.C33H46N4O6.C32H45N5O7/c1-28(47)43-38(41(2,3)4)36(49)26-45(24-30-18-20-31(21-19-30)33-17-11-12-22-42-33)25-35(48)34(23-29-13-7-5-8-14-29)44-39(50)37-27-46(40(51)52-37)32-15-9-6-10-16-32;1-22(2)18-36(20-28(40)30(33(4,5)6)34-23(3)38)19-27(39)26(17-24-13-9-7-10-14-24)35-31(41)29-21-37(32(42)43-29)25-15-11-8-12-16-25;1-21(2)17-36(35-29(41)26-19-37(31(43)44-26)23-14-10-7-11-15-23)18-25(39)24(16-22-12-8-6-9-13-22)33-30(42)28(32(3,4)5)34-27(40)20-38/h5-22,34-35,37-38,48H,23-27H2,1-4H3,(H,43,47)(H,44,50);7-16,22,26-27,29-30,39H,17-21H2,1-6H3,(H,34,38)(H,35,41);6-15,21,24-26,28,38-39H,16-20H2,1-5H3,(H,33,42)(H,34,40)(H,35,41)/t34-,35-,37-,38+;26-,27-,29-,30+;24-,25-,26+,28+/m000/s1. The molecular weight excluding hydrogens is 1770 g/mol. The smallest absolute Gasteiger partial charge is 0.415 e. The van der Waals surface area contributed by atoms with E-state index in [1.54, 1.807) is 105 Å². The van der Waals surface area contributed by atoms with Gasteiger partial charge >= 0.3 is 18.3 Å². The van der Waals surface area contributed by atoms with E-state index in [-0.39, 0.29) is 100 Å². The zero-order valence-corrected chi connectivity index (χ0v) is 82.2. The van der Waals surface area contributed by atoms with Crippen LogP contribution in [0, 0.1) is 28.1 Å². The number of carbonyl (C=O) groups excluding carboxylic acids is 12. The van der Waals surface area contributed by atoms with Gasteiger partial charge in [0, 0.05) is 81.9 Å². The number of nitrogens with one attached hydrogen (secondary N) is 7. The molecule has 33 heteroatoms. The van der Waals surface area contributed by atoms with Crippen LogP contribution in [0.3, 0.4) is 0 Å². The Morgan fingerprint density at radius 1 is 0.396 bits per heavy atom. The van der Waals surface area contributed by atoms with Crippen molar-refractivity contribution in [2.75, 3.05) is 86.8 Å². The van der Waals surface area contributed by atoms with Crippen LogP contribution in [0.25, 0.3) is 11.3 Å². The Labute approximate surface area is 814 Å². The summed E-state index contributed by atoms with van der Waals surface area (Å²) in [5, 5.41) is 62.7. The average molecular weight is 1910 g/mol. The average Bonchev–Trinajstić information content (AvgIpc) is 1.72. The number of hydrazine groups is 1. The van der Waals surface area contributed by atoms with E-state index in [4.69, 9.17) is 14.2 Å². The summed E-state index contributed by atoms with van der Waals surface area (Å²) in [6.07, 6.45) is -5.77. The molecule has 33 nitrogen and oxygen atoms in total. The van der Waals surface area contributed by atoms with E-state index in [0.29, 0.717) is 43.1 Å². The first-order valence-electron chi connectivity index (χ1n) is 47.1. The molecule has 139 heavy (non-hydrogen) atoms. The highest BCUT2D eigenvalue weighted by Crippen LogP contribution is 2.30. The molecule has 0 unspecified atom stereocenters. The molecule has 0 spiro atoms. The summed E-state index contributed by atoms with van der Waals surface area (Å²) >= 11 is 0. The number of hydrogen-bond donors (Lipinski definition) is 11. The maximum Gasteiger partial charge on any atom is 0.415 e. The maximum absolute atomic E-state index is 13.9. The van der Waals surface area contributed by atoms with Gasteiger partial charge in [-0.1, -0.05) is 266 Å². The number of cyclic esters (lactones) is 3. The summed E-state index contributed by atoms with van der Waals surface area (Å²) < 4.78 is 16.2. The van der Waals surface area contributed by atoms with Crippen molar-refractivity contribution in [1.29, 1.82) is 0 Å². The summed E-state index contributed by atoms with van der Waals surface area (Å²) in [5.41, 5.74) is 8.23. The lowest BCUT2D eigenvalue weighted by atomic mass is 9.83. The van der Waals surface area contributed by atoms with E-state index in [1.165, 1.54) is 28.5 Å². The first kappa shape index (κ1) is 109. The number of rotatable bonds is 43. The Morgan fingerprint density at radius 2 is 0.741 bits per heavy atom. The third kappa shape index (κ3) is 34.8. The summed E-state index contributed by atoms with van der Waals surface area (Å²) in [6.45, 7) is 28.0. The second kappa shape index (κ2) is 52.0. The molecule has 0 saturated carbocycles. The molecule has 746 valence electrons. The van der Waals surface area contributed by atoms with Crippen LogP contribution in [-0.4, -0.2) is 256 Å². The van der Waals surface area contributed by atoms with Crippen molar-refractivity contribution >= 4 is 88.3 Å². The number of Topliss-reactive ketones (excluding diaryl/α,β-unsaturated/α-hetero) is 2. The van der Waals surface area contributed by atoms with Crippen molar-refractivity contribution in [2.45, 2.75) is 203 Å². The monoisotopic (exact) mass is 1910 g/mol. The van der Waals surface area contributed by atoms with E-state index in [9.17, 15) is 78.0 Å². The Kier molecular flexibility index (Phi) is 41.0. The summed E-state index contributed by atoms with van der Waals surface area (Å²) in [5.74, 6) is -3.44. The number of amides is 10. The van der Waals surface area contributed by atoms with Crippen molar-refractivity contribution in [3.8, 4) is 11.3 Å². The van der Waals surface area contributed by atoms with E-state index in [0.717, 1.165) is 33.5 Å². The molecule has 8 aromatic rings. The Morgan fingerprint density at radius 3 is 1.09 bits per heavy atom. The summed E-state index contributed by atoms with van der Waals surface area (Å²) in [6, 6.07) is 63.9. The van der Waals surface area contributed by atoms with Gasteiger partial charge in [-0.25, -0.2) is 19.4 Å². The SMILES string of the molecule is CC(=O)N[C@H](C(=O)CN(CC(C)C)C[C@H](O)[C@H](Cc1ccccc1)NC(=O)[C@@H]1CN(c2ccccc2)C(=O)O1)C(C)(C)C.CC(=O)N[C@H](C(=O)CN(Cc1ccc(-c2ccccn2)cc1)C[C@H](O)[C@H](Cc1ccccc1)NC(=O)[C@@H]1CN(c2ccccc2)C(=O)O1)C(C)(C)C.CC(C)CN(C[C@H](O)[C@H](Cc1ccccc1)NC(=O)[C@@H](NC(=O)CO)C(C)(C)C)NC(=O)[C@H]1CN(c2ccccc2)C(=O)O1. The predicted molar refractivity (Wildman–Crippen MR) is 530 cm³/mol. The second-order valence-corrected chi connectivity index (χ2v) is 39.5. The molecule has 3 fully saturated rings. The number of para-hydroxylation sites is 3. The van der Waals surface area contributed by atoms with Crippen LogP contribution in [0.4, 0.5) is 31.4 Å². The molecule has 10 amide bonds. The molecule has 0 bridgehead atoms. The van der Waals surface area contributed by atoms with Gasteiger partial charge in [-0.2, -0.15) is 0 Å². The third-order valence-electron chi connectivity index (χ3n) is 23.3. The summed E-state index contributed by atoms with van der Waals surface area (Å²) in [7, 11) is 0. The minimum absolute atomic E-state index is 0.0169. The van der Waals surface area contributed by atoms with Gasteiger partial charge < -0.3 is 66.5 Å². The molecule has 3 aliphatic heterocycles. The first-order chi connectivity index (χ1) is 65.9. The first-order valence-corrected chi connectivity index (χ1v) is 47.1. The molecular formula is C106H138N14O19. The minimum atomic E-state index is -1.15. The molecule has 4 heterocycles. The van der Waals surface area contributed by atoms with Gasteiger partial charge in [-0.15, -0.1) is 0 Å². The van der Waals surface area contributed by atoms with Crippen molar-refractivity contribution in [1.82, 2.24) is 57.1 Å². The zero-order valence-electron chi connectivity index (χ0n) is 82.2. The van der Waals surface area contributed by atoms with Crippen LogP contribution < -0.4 is 52.0 Å². The number of aliphatic hydroxyl groups is 4. The van der Waals surface area contributed by atoms with E-state index < -0.39 is 144 Å². The quantitative estimate of drug-likeness (QED) is 0.0125.